The minimum absolute atomic E-state index is 0.151. The Morgan fingerprint density at radius 1 is 0.968 bits per heavy atom. The van der Waals surface area contributed by atoms with Crippen LogP contribution in [0.4, 0.5) is 5.69 Å². The number of nitrogens with two attached hydrogens (primary N) is 1. The third-order valence-electron chi connectivity index (χ3n) is 5.21. The number of thiophene rings is 1. The van der Waals surface area contributed by atoms with Crippen molar-refractivity contribution in [1.29, 1.82) is 0 Å². The van der Waals surface area contributed by atoms with Crippen LogP contribution in [0.15, 0.2) is 44.3 Å². The smallest absolute Gasteiger partial charge is 0.296 e. The highest BCUT2D eigenvalue weighted by atomic mass is 32.2. The van der Waals surface area contributed by atoms with Crippen LogP contribution in [0.2, 0.25) is 0 Å². The predicted octanol–water partition coefficient (Wildman–Crippen LogP) is 2.75. The van der Waals surface area contributed by atoms with E-state index in [0.717, 1.165) is 23.8 Å². The minimum atomic E-state index is -4.87. The largest absolute Gasteiger partial charge is 0.379 e. The monoisotopic (exact) mass is 508 g/mol. The van der Waals surface area contributed by atoms with Gasteiger partial charge in [0, 0.05) is 11.4 Å². The number of anilines is 1. The molecule has 0 amide bonds. The van der Waals surface area contributed by atoms with Crippen molar-refractivity contribution < 1.29 is 29.8 Å². The van der Waals surface area contributed by atoms with Gasteiger partial charge in [0.05, 0.1) is 15.8 Å². The zero-order valence-corrected chi connectivity index (χ0v) is 19.8. The second-order valence-electron chi connectivity index (χ2n) is 7.41. The van der Waals surface area contributed by atoms with Crippen molar-refractivity contribution >= 4 is 47.0 Å². The van der Waals surface area contributed by atoms with Gasteiger partial charge in [0.25, 0.3) is 10.1 Å². The predicted molar refractivity (Wildman–Crippen MR) is 118 cm³/mol. The van der Waals surface area contributed by atoms with E-state index in [1.807, 2.05) is 5.38 Å². The summed E-state index contributed by atoms with van der Waals surface area (Å²) in [5, 5.41) is 9.06. The van der Waals surface area contributed by atoms with Crippen LogP contribution < -0.4 is 10.5 Å². The van der Waals surface area contributed by atoms with Crippen molar-refractivity contribution in [2.75, 3.05) is 5.32 Å². The first kappa shape index (κ1) is 24.1. The molecule has 1 aromatic heterocycles. The molecule has 1 heterocycles. The molecule has 4 N–H and O–H groups in total. The average Bonchev–Trinajstić information content (AvgIpc) is 3.03. The van der Waals surface area contributed by atoms with E-state index in [9.17, 15) is 29.8 Å². The summed E-state index contributed by atoms with van der Waals surface area (Å²) in [6, 6.07) is 5.14. The van der Waals surface area contributed by atoms with Gasteiger partial charge in [-0.2, -0.15) is 8.42 Å². The molecule has 31 heavy (non-hydrogen) atoms. The zero-order valence-electron chi connectivity index (χ0n) is 16.5. The van der Waals surface area contributed by atoms with E-state index < -0.39 is 49.9 Å². The SMILES string of the molecule is NS(=O)(=O)c1cc(S(=O)(=O)O)c(NCc2cccs2)cc1S(=O)(=O)C1CCCCCC1. The van der Waals surface area contributed by atoms with Crippen molar-refractivity contribution in [3.8, 4) is 0 Å². The number of sulfone groups is 1. The molecule has 0 bridgehead atoms. The lowest BCUT2D eigenvalue weighted by Crippen LogP contribution is -2.25. The summed E-state index contributed by atoms with van der Waals surface area (Å²) in [6.07, 6.45) is 3.93. The van der Waals surface area contributed by atoms with Crippen LogP contribution in [0.3, 0.4) is 0 Å². The summed E-state index contributed by atoms with van der Waals surface area (Å²) >= 11 is 1.39. The van der Waals surface area contributed by atoms with Gasteiger partial charge in [0.2, 0.25) is 10.0 Å². The van der Waals surface area contributed by atoms with Crippen molar-refractivity contribution in [3.63, 3.8) is 0 Å². The van der Waals surface area contributed by atoms with Gasteiger partial charge in [-0.25, -0.2) is 22.0 Å². The lowest BCUT2D eigenvalue weighted by molar-refractivity contribution is 0.483. The van der Waals surface area contributed by atoms with Crippen LogP contribution in [-0.4, -0.2) is 35.1 Å². The molecule has 1 aliphatic carbocycles. The van der Waals surface area contributed by atoms with E-state index in [2.05, 4.69) is 5.32 Å². The average molecular weight is 509 g/mol. The maximum absolute atomic E-state index is 13.4. The lowest BCUT2D eigenvalue weighted by atomic mass is 10.2. The fraction of sp³-hybridized carbons (Fsp3) is 0.444. The number of sulfonamides is 1. The molecule has 13 heteroatoms. The molecular weight excluding hydrogens is 484 g/mol. The van der Waals surface area contributed by atoms with E-state index in [1.165, 1.54) is 11.3 Å². The Labute approximate surface area is 186 Å². The Hall–Kier alpha value is -1.51. The molecule has 172 valence electrons. The Kier molecular flexibility index (Phi) is 7.13. The van der Waals surface area contributed by atoms with Gasteiger partial charge in [-0.1, -0.05) is 31.7 Å². The second kappa shape index (κ2) is 9.16. The summed E-state index contributed by atoms with van der Waals surface area (Å²) in [4.78, 5) is -1.33. The van der Waals surface area contributed by atoms with Crippen LogP contribution in [-0.2, 0) is 36.5 Å². The van der Waals surface area contributed by atoms with Crippen molar-refractivity contribution in [3.05, 3.63) is 34.5 Å². The van der Waals surface area contributed by atoms with E-state index in [-0.39, 0.29) is 12.2 Å². The van der Waals surface area contributed by atoms with Gasteiger partial charge < -0.3 is 5.32 Å². The number of hydrogen-bond donors (Lipinski definition) is 3. The molecule has 1 saturated carbocycles. The summed E-state index contributed by atoms with van der Waals surface area (Å²) < 4.78 is 84.7. The Morgan fingerprint density at radius 2 is 1.61 bits per heavy atom. The molecule has 0 saturated heterocycles. The van der Waals surface area contributed by atoms with Gasteiger partial charge in [-0.05, 0) is 36.4 Å². The van der Waals surface area contributed by atoms with E-state index in [1.54, 1.807) is 12.1 Å². The minimum Gasteiger partial charge on any atom is -0.379 e. The molecule has 0 unspecified atom stereocenters. The van der Waals surface area contributed by atoms with Crippen LogP contribution in [0.25, 0.3) is 0 Å². The maximum atomic E-state index is 13.4. The summed E-state index contributed by atoms with van der Waals surface area (Å²) in [5.74, 6) is 0. The first-order valence-electron chi connectivity index (χ1n) is 9.59. The lowest BCUT2D eigenvalue weighted by Gasteiger charge is -2.20. The van der Waals surface area contributed by atoms with E-state index in [4.69, 9.17) is 5.14 Å². The van der Waals surface area contributed by atoms with Gasteiger partial charge in [0.15, 0.2) is 9.84 Å². The molecule has 3 rings (SSSR count). The van der Waals surface area contributed by atoms with Crippen LogP contribution in [0.5, 0.6) is 0 Å². The van der Waals surface area contributed by atoms with E-state index >= 15 is 0 Å². The number of hydrogen-bond acceptors (Lipinski definition) is 8. The summed E-state index contributed by atoms with van der Waals surface area (Å²) in [5.41, 5.74) is -0.213. The topological polar surface area (TPSA) is 161 Å². The summed E-state index contributed by atoms with van der Waals surface area (Å²) in [7, 11) is -13.6. The Morgan fingerprint density at radius 3 is 2.13 bits per heavy atom. The molecule has 1 aromatic carbocycles. The Balaban J connectivity index is 2.19. The molecule has 0 spiro atoms. The molecule has 1 fully saturated rings. The molecule has 2 aromatic rings. The van der Waals surface area contributed by atoms with Crippen LogP contribution in [0.1, 0.15) is 43.4 Å². The van der Waals surface area contributed by atoms with Gasteiger partial charge in [0.1, 0.15) is 9.79 Å². The highest BCUT2D eigenvalue weighted by Gasteiger charge is 2.35. The quantitative estimate of drug-likeness (QED) is 0.380. The first-order valence-corrected chi connectivity index (χ1v) is 15.0. The van der Waals surface area contributed by atoms with Gasteiger partial charge in [-0.3, -0.25) is 4.55 Å². The van der Waals surface area contributed by atoms with Crippen molar-refractivity contribution in [2.24, 2.45) is 5.14 Å². The fourth-order valence-corrected chi connectivity index (χ4v) is 8.31. The normalized spacial score (nSPS) is 16.7. The third-order valence-corrected chi connectivity index (χ3v) is 10.4. The second-order valence-corrected chi connectivity index (χ2v) is 13.6. The van der Waals surface area contributed by atoms with Crippen molar-refractivity contribution in [1.82, 2.24) is 0 Å². The number of rotatable bonds is 7. The van der Waals surface area contributed by atoms with Crippen LogP contribution >= 0.6 is 11.3 Å². The standard InChI is InChI=1S/C18H24N2O7S4/c19-30(23,24)18-11-16(31(25,26)27)15(20-12-13-6-5-9-28-13)10-17(18)29(21,22)14-7-3-1-2-4-8-14/h5-6,9-11,14,20H,1-4,7-8,12H2,(H2,19,23,24)(H,25,26,27). The summed E-state index contributed by atoms with van der Waals surface area (Å²) in [6.45, 7) is 0.151. The Bertz CT molecular complexity index is 1240. The highest BCUT2D eigenvalue weighted by Crippen LogP contribution is 2.36. The van der Waals surface area contributed by atoms with Crippen LogP contribution in [0, 0.1) is 0 Å². The third kappa shape index (κ3) is 5.65. The number of primary sulfonamides is 1. The van der Waals surface area contributed by atoms with Gasteiger partial charge in [-0.15, -0.1) is 11.3 Å². The molecule has 1 aliphatic rings. The molecular formula is C18H24N2O7S4. The maximum Gasteiger partial charge on any atom is 0.296 e. The molecule has 0 aliphatic heterocycles. The highest BCUT2D eigenvalue weighted by molar-refractivity contribution is 7.94. The van der Waals surface area contributed by atoms with Crippen molar-refractivity contribution in [2.45, 2.75) is 65.0 Å². The first-order chi connectivity index (χ1) is 14.4. The molecule has 0 radical (unpaired) electrons. The fourth-order valence-electron chi connectivity index (χ4n) is 3.66. The molecule has 9 nitrogen and oxygen atoms in total. The zero-order chi connectivity index (χ0) is 22.9. The van der Waals surface area contributed by atoms with E-state index in [0.29, 0.717) is 31.7 Å². The number of benzene rings is 1. The molecule has 0 atom stereocenters. The van der Waals surface area contributed by atoms with Gasteiger partial charge >= 0.3 is 0 Å². The number of nitrogens with one attached hydrogen (secondary N) is 1.